The van der Waals surface area contributed by atoms with Crippen molar-refractivity contribution in [1.82, 2.24) is 9.88 Å². The first-order valence-corrected chi connectivity index (χ1v) is 7.10. The van der Waals surface area contributed by atoms with Crippen LogP contribution in [0.1, 0.15) is 18.4 Å². The lowest BCUT2D eigenvalue weighted by molar-refractivity contribution is -0.0814. The maximum absolute atomic E-state index is 6.25. The molecule has 1 aromatic heterocycles. The Hall–Kier alpha value is -0.610. The molecule has 90 valence electrons. The fourth-order valence-electron chi connectivity index (χ4n) is 3.68. The third-order valence-corrected chi connectivity index (χ3v) is 4.94. The Morgan fingerprint density at radius 3 is 2.94 bits per heavy atom. The highest BCUT2D eigenvalue weighted by atomic mass is 79.9. The third-order valence-electron chi connectivity index (χ3n) is 4.50. The maximum atomic E-state index is 6.25. The molecule has 5 heterocycles. The van der Waals surface area contributed by atoms with Crippen LogP contribution in [0.15, 0.2) is 16.7 Å². The van der Waals surface area contributed by atoms with Gasteiger partial charge >= 0.3 is 0 Å². The molecule has 0 aliphatic carbocycles. The summed E-state index contributed by atoms with van der Waals surface area (Å²) in [5.41, 5.74) is 1.31. The second-order valence-corrected chi connectivity index (χ2v) is 6.43. The molecule has 0 amide bonds. The number of pyridine rings is 1. The monoisotopic (exact) mass is 294 g/mol. The lowest BCUT2D eigenvalue weighted by Crippen LogP contribution is -2.61. The maximum Gasteiger partial charge on any atom is 0.217 e. The smallest absolute Gasteiger partial charge is 0.217 e. The Morgan fingerprint density at radius 1 is 1.41 bits per heavy atom. The molecule has 0 saturated carbocycles. The fraction of sp³-hybridized carbons (Fsp3) is 0.615. The molecule has 4 aliphatic rings. The summed E-state index contributed by atoms with van der Waals surface area (Å²) in [5.74, 6) is 1.59. The summed E-state index contributed by atoms with van der Waals surface area (Å²) in [4.78, 5) is 6.95. The zero-order valence-corrected chi connectivity index (χ0v) is 11.2. The van der Waals surface area contributed by atoms with Gasteiger partial charge in [-0.3, -0.25) is 4.90 Å². The van der Waals surface area contributed by atoms with E-state index in [0.717, 1.165) is 29.2 Å². The van der Waals surface area contributed by atoms with E-state index in [-0.39, 0.29) is 5.60 Å². The van der Waals surface area contributed by atoms with Gasteiger partial charge in [-0.25, -0.2) is 4.98 Å². The van der Waals surface area contributed by atoms with Crippen LogP contribution in [0.2, 0.25) is 0 Å². The van der Waals surface area contributed by atoms with Crippen molar-refractivity contribution in [2.75, 3.05) is 19.6 Å². The molecule has 4 heteroatoms. The summed E-state index contributed by atoms with van der Waals surface area (Å²) < 4.78 is 7.30. The van der Waals surface area contributed by atoms with Gasteiger partial charge in [-0.15, -0.1) is 0 Å². The Morgan fingerprint density at radius 2 is 2.24 bits per heavy atom. The normalized spacial score (nSPS) is 38.2. The first kappa shape index (κ1) is 10.3. The van der Waals surface area contributed by atoms with Gasteiger partial charge in [0.1, 0.15) is 5.60 Å². The molecule has 3 fully saturated rings. The van der Waals surface area contributed by atoms with Crippen LogP contribution in [-0.4, -0.2) is 35.1 Å². The summed E-state index contributed by atoms with van der Waals surface area (Å²) in [6.45, 7) is 3.60. The molecule has 4 aliphatic heterocycles. The average molecular weight is 295 g/mol. The van der Waals surface area contributed by atoms with Gasteiger partial charge in [-0.2, -0.15) is 0 Å². The summed E-state index contributed by atoms with van der Waals surface area (Å²) in [7, 11) is 0. The molecule has 5 rings (SSSR count). The number of aromatic nitrogens is 1. The first-order chi connectivity index (χ1) is 8.25. The Labute approximate surface area is 109 Å². The number of hydrogen-bond donors (Lipinski definition) is 0. The minimum atomic E-state index is 0.0344. The van der Waals surface area contributed by atoms with Crippen LogP contribution in [0.25, 0.3) is 0 Å². The highest BCUT2D eigenvalue weighted by molar-refractivity contribution is 9.10. The molecule has 1 atom stereocenters. The van der Waals surface area contributed by atoms with Gasteiger partial charge in [0.2, 0.25) is 5.88 Å². The number of nitrogens with zero attached hydrogens (tertiary/aromatic N) is 2. The second-order valence-electron chi connectivity index (χ2n) is 5.51. The van der Waals surface area contributed by atoms with Gasteiger partial charge in [0.15, 0.2) is 0 Å². The van der Waals surface area contributed by atoms with Crippen molar-refractivity contribution in [3.8, 4) is 5.88 Å². The average Bonchev–Trinajstić information content (AvgIpc) is 2.67. The van der Waals surface area contributed by atoms with Gasteiger partial charge in [0, 0.05) is 35.1 Å². The molecule has 0 aromatic carbocycles. The summed E-state index contributed by atoms with van der Waals surface area (Å²) in [5, 5.41) is 0. The zero-order chi connectivity index (χ0) is 11.5. The molecule has 3 nitrogen and oxygen atoms in total. The first-order valence-electron chi connectivity index (χ1n) is 6.31. The fourth-order valence-corrected chi connectivity index (χ4v) is 4.06. The van der Waals surface area contributed by atoms with Crippen molar-refractivity contribution in [2.24, 2.45) is 5.92 Å². The molecule has 1 spiro atoms. The number of piperidine rings is 3. The minimum absolute atomic E-state index is 0.0344. The van der Waals surface area contributed by atoms with E-state index in [0.29, 0.717) is 0 Å². The molecular formula is C13H15BrN2O. The van der Waals surface area contributed by atoms with E-state index >= 15 is 0 Å². The SMILES string of the molecule is Brc1cnc2c(c1)CC1(CN3CCC1CC3)O2. The highest BCUT2D eigenvalue weighted by Gasteiger charge is 2.52. The van der Waals surface area contributed by atoms with E-state index in [2.05, 4.69) is 31.9 Å². The number of halogens is 1. The molecule has 17 heavy (non-hydrogen) atoms. The number of hydrogen-bond acceptors (Lipinski definition) is 3. The highest BCUT2D eigenvalue weighted by Crippen LogP contribution is 2.46. The molecule has 1 unspecified atom stereocenters. The van der Waals surface area contributed by atoms with Crippen LogP contribution < -0.4 is 4.74 Å². The summed E-state index contributed by atoms with van der Waals surface area (Å²) >= 11 is 3.49. The van der Waals surface area contributed by atoms with Crippen LogP contribution in [0.5, 0.6) is 5.88 Å². The van der Waals surface area contributed by atoms with Gasteiger partial charge in [-0.1, -0.05) is 0 Å². The topological polar surface area (TPSA) is 25.4 Å². The van der Waals surface area contributed by atoms with Gasteiger partial charge in [0.25, 0.3) is 0 Å². The van der Waals surface area contributed by atoms with Gasteiger partial charge in [0.05, 0.1) is 0 Å². The Balaban J connectivity index is 1.71. The largest absolute Gasteiger partial charge is 0.469 e. The predicted molar refractivity (Wildman–Crippen MR) is 68.2 cm³/mol. The summed E-state index contributed by atoms with van der Waals surface area (Å²) in [6.07, 6.45) is 5.44. The molecular weight excluding hydrogens is 280 g/mol. The lowest BCUT2D eigenvalue weighted by Gasteiger charge is -2.50. The summed E-state index contributed by atoms with van der Waals surface area (Å²) in [6, 6.07) is 2.16. The molecule has 1 aromatic rings. The van der Waals surface area contributed by atoms with Crippen molar-refractivity contribution in [3.05, 3.63) is 22.3 Å². The van der Waals surface area contributed by atoms with E-state index in [9.17, 15) is 0 Å². The van der Waals surface area contributed by atoms with Crippen LogP contribution in [0.3, 0.4) is 0 Å². The van der Waals surface area contributed by atoms with E-state index in [1.807, 2.05) is 6.20 Å². The van der Waals surface area contributed by atoms with Crippen molar-refractivity contribution in [3.63, 3.8) is 0 Å². The third kappa shape index (κ3) is 1.47. The van der Waals surface area contributed by atoms with Crippen LogP contribution >= 0.6 is 15.9 Å². The van der Waals surface area contributed by atoms with Crippen molar-refractivity contribution in [2.45, 2.75) is 24.9 Å². The van der Waals surface area contributed by atoms with E-state index in [1.165, 1.54) is 31.5 Å². The van der Waals surface area contributed by atoms with Crippen LogP contribution in [0.4, 0.5) is 0 Å². The number of ether oxygens (including phenoxy) is 1. The molecule has 2 bridgehead atoms. The zero-order valence-electron chi connectivity index (χ0n) is 9.66. The van der Waals surface area contributed by atoms with E-state index in [1.54, 1.807) is 0 Å². The Kier molecular flexibility index (Phi) is 2.10. The van der Waals surface area contributed by atoms with Crippen molar-refractivity contribution < 1.29 is 4.74 Å². The molecule has 0 N–H and O–H groups in total. The lowest BCUT2D eigenvalue weighted by atomic mass is 9.73. The number of rotatable bonds is 0. The van der Waals surface area contributed by atoms with Crippen molar-refractivity contribution >= 4 is 15.9 Å². The van der Waals surface area contributed by atoms with Crippen LogP contribution in [0, 0.1) is 5.92 Å². The predicted octanol–water partition coefficient (Wildman–Crippen LogP) is 2.24. The van der Waals surface area contributed by atoms with Gasteiger partial charge < -0.3 is 4.74 Å². The molecule has 0 radical (unpaired) electrons. The standard InChI is InChI=1S/C13H15BrN2O/c14-11-5-9-6-13(17-12(9)15-7-11)8-16-3-1-10(13)2-4-16/h5,7,10H,1-4,6,8H2. The van der Waals surface area contributed by atoms with Gasteiger partial charge in [-0.05, 0) is 47.9 Å². The number of fused-ring (bicyclic) bond motifs is 3. The minimum Gasteiger partial charge on any atom is -0.469 e. The van der Waals surface area contributed by atoms with Crippen LogP contribution in [-0.2, 0) is 6.42 Å². The van der Waals surface area contributed by atoms with E-state index < -0.39 is 0 Å². The van der Waals surface area contributed by atoms with Crippen molar-refractivity contribution in [1.29, 1.82) is 0 Å². The Bertz CT molecular complexity index is 470. The molecule has 3 saturated heterocycles. The quantitative estimate of drug-likeness (QED) is 0.734. The van der Waals surface area contributed by atoms with E-state index in [4.69, 9.17) is 4.74 Å². The second kappa shape index (κ2) is 3.45.